The molecular weight excluding hydrogens is 334 g/mol. The largest absolute Gasteiger partial charge is 0.490 e. The third-order valence-corrected chi connectivity index (χ3v) is 4.51. The first kappa shape index (κ1) is 16.3. The molecule has 3 heterocycles. The summed E-state index contributed by atoms with van der Waals surface area (Å²) in [5, 5.41) is 13.0. The maximum atomic E-state index is 12.7. The SMILES string of the molecule is Cc1cccn2c(=O)c(C(=O)N[C@H]3c4ccccc4OC[C@H]3O)cnc12. The Labute approximate surface area is 148 Å². The number of aryl methyl sites for hydroxylation is 1. The summed E-state index contributed by atoms with van der Waals surface area (Å²) >= 11 is 0. The lowest BCUT2D eigenvalue weighted by Crippen LogP contribution is -2.43. The number of ether oxygens (including phenoxy) is 1. The molecule has 1 aromatic carbocycles. The molecule has 4 rings (SSSR count). The second-order valence-corrected chi connectivity index (χ2v) is 6.23. The summed E-state index contributed by atoms with van der Waals surface area (Å²) in [5.41, 5.74) is 1.48. The number of hydrogen-bond donors (Lipinski definition) is 2. The minimum Gasteiger partial charge on any atom is -0.490 e. The number of para-hydroxylation sites is 1. The smallest absolute Gasteiger partial charge is 0.270 e. The van der Waals surface area contributed by atoms with Gasteiger partial charge >= 0.3 is 0 Å². The Morgan fingerprint density at radius 1 is 1.31 bits per heavy atom. The fourth-order valence-corrected chi connectivity index (χ4v) is 3.14. The Kier molecular flexibility index (Phi) is 3.93. The molecule has 0 spiro atoms. The number of benzene rings is 1. The molecular formula is C19H17N3O4. The van der Waals surface area contributed by atoms with Crippen molar-refractivity contribution in [2.45, 2.75) is 19.1 Å². The minimum absolute atomic E-state index is 0.0656. The summed E-state index contributed by atoms with van der Waals surface area (Å²) < 4.78 is 6.81. The highest BCUT2D eigenvalue weighted by molar-refractivity contribution is 5.94. The second kappa shape index (κ2) is 6.27. The Balaban J connectivity index is 1.70. The molecule has 132 valence electrons. The first-order chi connectivity index (χ1) is 12.6. The summed E-state index contributed by atoms with van der Waals surface area (Å²) in [6.07, 6.45) is 1.94. The highest BCUT2D eigenvalue weighted by Crippen LogP contribution is 2.31. The number of pyridine rings is 1. The van der Waals surface area contributed by atoms with E-state index in [2.05, 4.69) is 10.3 Å². The predicted octanol–water partition coefficient (Wildman–Crippen LogP) is 1.23. The van der Waals surface area contributed by atoms with Crippen LogP contribution in [-0.2, 0) is 0 Å². The Morgan fingerprint density at radius 2 is 2.12 bits per heavy atom. The molecule has 0 saturated heterocycles. The molecule has 1 amide bonds. The molecule has 0 unspecified atom stereocenters. The van der Waals surface area contributed by atoms with E-state index >= 15 is 0 Å². The quantitative estimate of drug-likeness (QED) is 0.724. The van der Waals surface area contributed by atoms with E-state index in [-0.39, 0.29) is 12.2 Å². The molecule has 2 atom stereocenters. The lowest BCUT2D eigenvalue weighted by atomic mass is 9.98. The van der Waals surface area contributed by atoms with Gasteiger partial charge in [-0.05, 0) is 24.6 Å². The maximum Gasteiger partial charge on any atom is 0.270 e. The molecule has 1 aliphatic rings. The van der Waals surface area contributed by atoms with Gasteiger partial charge in [0.2, 0.25) is 0 Å². The van der Waals surface area contributed by atoms with Crippen molar-refractivity contribution in [1.29, 1.82) is 0 Å². The molecule has 1 aliphatic heterocycles. The topological polar surface area (TPSA) is 92.9 Å². The van der Waals surface area contributed by atoms with Crippen LogP contribution in [0.25, 0.3) is 5.65 Å². The van der Waals surface area contributed by atoms with Crippen LogP contribution in [0.3, 0.4) is 0 Å². The van der Waals surface area contributed by atoms with Crippen LogP contribution in [0.2, 0.25) is 0 Å². The molecule has 0 aliphatic carbocycles. The third-order valence-electron chi connectivity index (χ3n) is 4.51. The number of nitrogens with one attached hydrogen (secondary N) is 1. The van der Waals surface area contributed by atoms with Crippen LogP contribution in [0.1, 0.15) is 27.5 Å². The zero-order chi connectivity index (χ0) is 18.3. The van der Waals surface area contributed by atoms with E-state index in [0.29, 0.717) is 17.0 Å². The number of carbonyl (C=O) groups is 1. The van der Waals surface area contributed by atoms with E-state index in [1.807, 2.05) is 19.1 Å². The summed E-state index contributed by atoms with van der Waals surface area (Å²) in [6, 6.07) is 10.1. The number of nitrogens with zero attached hydrogens (tertiary/aromatic N) is 2. The lowest BCUT2D eigenvalue weighted by molar-refractivity contribution is 0.0501. The van der Waals surface area contributed by atoms with E-state index in [1.54, 1.807) is 30.5 Å². The molecule has 3 aromatic rings. The number of fused-ring (bicyclic) bond motifs is 2. The van der Waals surface area contributed by atoms with Gasteiger partial charge < -0.3 is 15.2 Å². The average molecular weight is 351 g/mol. The Morgan fingerprint density at radius 3 is 2.96 bits per heavy atom. The average Bonchev–Trinajstić information content (AvgIpc) is 2.65. The predicted molar refractivity (Wildman–Crippen MR) is 94.4 cm³/mol. The zero-order valence-electron chi connectivity index (χ0n) is 14.0. The highest BCUT2D eigenvalue weighted by atomic mass is 16.5. The molecule has 7 heteroatoms. The summed E-state index contributed by atoms with van der Waals surface area (Å²) in [5.74, 6) is 0.0197. The number of rotatable bonds is 2. The van der Waals surface area contributed by atoms with Crippen LogP contribution in [0, 0.1) is 6.92 Å². The van der Waals surface area contributed by atoms with Crippen LogP contribution in [0.15, 0.2) is 53.6 Å². The molecule has 0 fully saturated rings. The van der Waals surface area contributed by atoms with Crippen molar-refractivity contribution in [1.82, 2.24) is 14.7 Å². The van der Waals surface area contributed by atoms with Crippen LogP contribution in [-0.4, -0.2) is 33.1 Å². The minimum atomic E-state index is -0.910. The maximum absolute atomic E-state index is 12.7. The van der Waals surface area contributed by atoms with Crippen LogP contribution in [0.4, 0.5) is 0 Å². The molecule has 0 bridgehead atoms. The molecule has 0 saturated carbocycles. The van der Waals surface area contributed by atoms with Gasteiger partial charge in [0, 0.05) is 18.0 Å². The van der Waals surface area contributed by atoms with E-state index < -0.39 is 23.6 Å². The standard InChI is InChI=1S/C19H17N3O4/c1-11-5-4-8-22-17(11)20-9-13(19(22)25)18(24)21-16-12-6-2-3-7-15(12)26-10-14(16)23/h2-9,14,16,23H,10H2,1H3,(H,21,24)/t14-,16+/m1/s1. The second-order valence-electron chi connectivity index (χ2n) is 6.23. The first-order valence-electron chi connectivity index (χ1n) is 8.24. The summed E-state index contributed by atoms with van der Waals surface area (Å²) in [4.78, 5) is 29.6. The fraction of sp³-hybridized carbons (Fsp3) is 0.211. The van der Waals surface area contributed by atoms with Crippen molar-refractivity contribution in [3.05, 3.63) is 75.8 Å². The lowest BCUT2D eigenvalue weighted by Gasteiger charge is -2.30. The normalized spacial score (nSPS) is 18.8. The number of aromatic nitrogens is 2. The van der Waals surface area contributed by atoms with Crippen molar-refractivity contribution in [3.63, 3.8) is 0 Å². The van der Waals surface area contributed by atoms with Crippen LogP contribution in [0.5, 0.6) is 5.75 Å². The van der Waals surface area contributed by atoms with Gasteiger partial charge in [0.1, 0.15) is 29.7 Å². The number of aliphatic hydroxyl groups is 1. The van der Waals surface area contributed by atoms with E-state index in [4.69, 9.17) is 4.74 Å². The third kappa shape index (κ3) is 2.62. The van der Waals surface area contributed by atoms with Crippen molar-refractivity contribution < 1.29 is 14.6 Å². The van der Waals surface area contributed by atoms with Gasteiger partial charge in [-0.1, -0.05) is 24.3 Å². The molecule has 7 nitrogen and oxygen atoms in total. The van der Waals surface area contributed by atoms with Gasteiger partial charge in [-0.2, -0.15) is 0 Å². The van der Waals surface area contributed by atoms with Crippen molar-refractivity contribution >= 4 is 11.6 Å². The van der Waals surface area contributed by atoms with Crippen molar-refractivity contribution in [2.24, 2.45) is 0 Å². The molecule has 26 heavy (non-hydrogen) atoms. The van der Waals surface area contributed by atoms with Gasteiger partial charge in [0.15, 0.2) is 0 Å². The van der Waals surface area contributed by atoms with Crippen molar-refractivity contribution in [2.75, 3.05) is 6.61 Å². The van der Waals surface area contributed by atoms with Crippen LogP contribution >= 0.6 is 0 Å². The van der Waals surface area contributed by atoms with Gasteiger partial charge in [-0.25, -0.2) is 4.98 Å². The van der Waals surface area contributed by atoms with Gasteiger partial charge in [-0.3, -0.25) is 14.0 Å². The molecule has 2 N–H and O–H groups in total. The number of carbonyl (C=O) groups excluding carboxylic acids is 1. The Bertz CT molecular complexity index is 1060. The number of aliphatic hydroxyl groups excluding tert-OH is 1. The van der Waals surface area contributed by atoms with Crippen LogP contribution < -0.4 is 15.6 Å². The fourth-order valence-electron chi connectivity index (χ4n) is 3.14. The summed E-state index contributed by atoms with van der Waals surface area (Å²) in [7, 11) is 0. The van der Waals surface area contributed by atoms with Gasteiger partial charge in [0.05, 0.1) is 6.04 Å². The zero-order valence-corrected chi connectivity index (χ0v) is 14.0. The first-order valence-corrected chi connectivity index (χ1v) is 8.24. The van der Waals surface area contributed by atoms with Gasteiger partial charge in [-0.15, -0.1) is 0 Å². The monoisotopic (exact) mass is 351 g/mol. The van der Waals surface area contributed by atoms with Crippen molar-refractivity contribution in [3.8, 4) is 5.75 Å². The Hall–Kier alpha value is -3.19. The van der Waals surface area contributed by atoms with Gasteiger partial charge in [0.25, 0.3) is 11.5 Å². The van der Waals surface area contributed by atoms with E-state index in [9.17, 15) is 14.7 Å². The molecule has 2 aromatic heterocycles. The molecule has 0 radical (unpaired) electrons. The number of amides is 1. The van der Waals surface area contributed by atoms with E-state index in [1.165, 1.54) is 10.6 Å². The number of hydrogen-bond acceptors (Lipinski definition) is 5. The summed E-state index contributed by atoms with van der Waals surface area (Å²) in [6.45, 7) is 1.91. The van der Waals surface area contributed by atoms with E-state index in [0.717, 1.165) is 5.56 Å². The highest BCUT2D eigenvalue weighted by Gasteiger charge is 2.31.